The van der Waals surface area contributed by atoms with Gasteiger partial charge in [0.1, 0.15) is 6.61 Å². The second kappa shape index (κ2) is 2.34. The van der Waals surface area contributed by atoms with Crippen LogP contribution in [-0.2, 0) is 0 Å². The second-order valence-electron chi connectivity index (χ2n) is 2.43. The van der Waals surface area contributed by atoms with Gasteiger partial charge < -0.3 is 15.2 Å². The first-order chi connectivity index (χ1) is 5.38. The minimum absolute atomic E-state index is 0.203. The van der Waals surface area contributed by atoms with Crippen molar-refractivity contribution in [3.05, 3.63) is 18.2 Å². The maximum atomic E-state index is 9.29. The van der Waals surface area contributed by atoms with Gasteiger partial charge in [0.05, 0.1) is 5.69 Å². The number of rotatable bonds is 0. The van der Waals surface area contributed by atoms with Gasteiger partial charge in [0.15, 0.2) is 11.5 Å². The van der Waals surface area contributed by atoms with Gasteiger partial charge in [-0.25, -0.2) is 0 Å². The van der Waals surface area contributed by atoms with Gasteiger partial charge in [-0.1, -0.05) is 6.07 Å². The molecule has 0 aliphatic carbocycles. The first kappa shape index (κ1) is 6.34. The summed E-state index contributed by atoms with van der Waals surface area (Å²) in [6, 6.07) is 5.29. The van der Waals surface area contributed by atoms with E-state index in [1.54, 1.807) is 12.1 Å². The third-order valence-electron chi connectivity index (χ3n) is 1.66. The fourth-order valence-corrected chi connectivity index (χ4v) is 1.15. The summed E-state index contributed by atoms with van der Waals surface area (Å²) < 4.78 is 5.24. The molecule has 1 aliphatic rings. The van der Waals surface area contributed by atoms with Crippen LogP contribution in [0.15, 0.2) is 18.2 Å². The van der Waals surface area contributed by atoms with E-state index in [1.165, 1.54) is 0 Å². The minimum atomic E-state index is 0.203. The van der Waals surface area contributed by atoms with E-state index in [1.807, 2.05) is 6.07 Å². The van der Waals surface area contributed by atoms with E-state index in [-0.39, 0.29) is 5.75 Å². The quantitative estimate of drug-likeness (QED) is 0.585. The van der Waals surface area contributed by atoms with Crippen molar-refractivity contribution in [2.24, 2.45) is 0 Å². The molecule has 0 amide bonds. The van der Waals surface area contributed by atoms with E-state index >= 15 is 0 Å². The Morgan fingerprint density at radius 3 is 3.18 bits per heavy atom. The van der Waals surface area contributed by atoms with Crippen molar-refractivity contribution in [3.63, 3.8) is 0 Å². The molecule has 0 atom stereocenters. The van der Waals surface area contributed by atoms with Gasteiger partial charge in [0, 0.05) is 6.54 Å². The number of para-hydroxylation sites is 1. The second-order valence-corrected chi connectivity index (χ2v) is 2.43. The highest BCUT2D eigenvalue weighted by Gasteiger charge is 2.11. The standard InChI is InChI=1S/C8H9NO2/c10-7-3-1-2-6-8(7)11-5-4-9-6/h1-3,9-10H,4-5H2. The zero-order chi connectivity index (χ0) is 7.68. The van der Waals surface area contributed by atoms with Crippen molar-refractivity contribution >= 4 is 5.69 Å². The van der Waals surface area contributed by atoms with E-state index in [9.17, 15) is 5.11 Å². The van der Waals surface area contributed by atoms with Crippen LogP contribution in [0.1, 0.15) is 0 Å². The number of ether oxygens (including phenoxy) is 1. The Balaban J connectivity index is 2.49. The average molecular weight is 151 g/mol. The predicted molar refractivity (Wildman–Crippen MR) is 42.1 cm³/mol. The molecule has 0 spiro atoms. The van der Waals surface area contributed by atoms with Gasteiger partial charge in [-0.05, 0) is 12.1 Å². The molecule has 2 N–H and O–H groups in total. The van der Waals surface area contributed by atoms with Crippen LogP contribution in [0.2, 0.25) is 0 Å². The molecule has 1 heterocycles. The summed E-state index contributed by atoms with van der Waals surface area (Å²) in [5, 5.41) is 12.4. The summed E-state index contributed by atoms with van der Waals surface area (Å²) in [6.45, 7) is 1.42. The number of hydrogen-bond acceptors (Lipinski definition) is 3. The topological polar surface area (TPSA) is 41.5 Å². The molecule has 2 rings (SSSR count). The van der Waals surface area contributed by atoms with E-state index in [2.05, 4.69) is 5.32 Å². The third-order valence-corrected chi connectivity index (χ3v) is 1.66. The van der Waals surface area contributed by atoms with E-state index in [0.29, 0.717) is 12.4 Å². The summed E-state index contributed by atoms with van der Waals surface area (Å²) in [5.41, 5.74) is 0.872. The number of anilines is 1. The number of nitrogens with one attached hydrogen (secondary N) is 1. The molecular weight excluding hydrogens is 142 g/mol. The molecule has 0 saturated carbocycles. The van der Waals surface area contributed by atoms with Gasteiger partial charge in [-0.15, -0.1) is 0 Å². The van der Waals surface area contributed by atoms with Crippen LogP contribution in [0.5, 0.6) is 11.5 Å². The third kappa shape index (κ3) is 0.981. The highest BCUT2D eigenvalue weighted by Crippen LogP contribution is 2.35. The number of benzene rings is 1. The lowest BCUT2D eigenvalue weighted by Crippen LogP contribution is -2.17. The van der Waals surface area contributed by atoms with Gasteiger partial charge in [-0.2, -0.15) is 0 Å². The Hall–Kier alpha value is -1.38. The zero-order valence-electron chi connectivity index (χ0n) is 6.00. The largest absolute Gasteiger partial charge is 0.504 e. The molecule has 0 unspecified atom stereocenters. The van der Waals surface area contributed by atoms with Gasteiger partial charge in [0.25, 0.3) is 0 Å². The smallest absolute Gasteiger partial charge is 0.184 e. The Kier molecular flexibility index (Phi) is 1.35. The lowest BCUT2D eigenvalue weighted by Gasteiger charge is -2.19. The SMILES string of the molecule is Oc1cccc2c1OCCN2. The predicted octanol–water partition coefficient (Wildman–Crippen LogP) is 1.20. The summed E-state index contributed by atoms with van der Waals surface area (Å²) in [4.78, 5) is 0. The molecular formula is C8H9NO2. The monoisotopic (exact) mass is 151 g/mol. The first-order valence-electron chi connectivity index (χ1n) is 3.56. The van der Waals surface area contributed by atoms with Crippen molar-refractivity contribution in [1.82, 2.24) is 0 Å². The summed E-state index contributed by atoms with van der Waals surface area (Å²) in [6.07, 6.45) is 0. The fourth-order valence-electron chi connectivity index (χ4n) is 1.15. The Bertz CT molecular complexity index is 273. The van der Waals surface area contributed by atoms with E-state index in [0.717, 1.165) is 12.2 Å². The normalized spacial score (nSPS) is 14.5. The van der Waals surface area contributed by atoms with E-state index < -0.39 is 0 Å². The molecule has 0 bridgehead atoms. The van der Waals surface area contributed by atoms with Gasteiger partial charge in [-0.3, -0.25) is 0 Å². The molecule has 11 heavy (non-hydrogen) atoms. The van der Waals surface area contributed by atoms with Crippen LogP contribution in [0.25, 0.3) is 0 Å². The molecule has 0 fully saturated rings. The molecule has 1 aromatic rings. The Morgan fingerprint density at radius 1 is 1.45 bits per heavy atom. The molecule has 0 radical (unpaired) electrons. The lowest BCUT2D eigenvalue weighted by atomic mass is 10.2. The van der Waals surface area contributed by atoms with Crippen molar-refractivity contribution in [1.29, 1.82) is 0 Å². The van der Waals surface area contributed by atoms with Crippen molar-refractivity contribution in [3.8, 4) is 11.5 Å². The highest BCUT2D eigenvalue weighted by atomic mass is 16.5. The molecule has 1 aliphatic heterocycles. The number of phenolic OH excluding ortho intramolecular Hbond substituents is 1. The van der Waals surface area contributed by atoms with Crippen LogP contribution < -0.4 is 10.1 Å². The molecule has 58 valence electrons. The van der Waals surface area contributed by atoms with Gasteiger partial charge >= 0.3 is 0 Å². The maximum absolute atomic E-state index is 9.29. The number of fused-ring (bicyclic) bond motifs is 1. The number of hydrogen-bond donors (Lipinski definition) is 2. The number of aromatic hydroxyl groups is 1. The van der Waals surface area contributed by atoms with Crippen LogP contribution >= 0.6 is 0 Å². The molecule has 1 aromatic carbocycles. The van der Waals surface area contributed by atoms with Crippen LogP contribution in [0.4, 0.5) is 5.69 Å². The first-order valence-corrected chi connectivity index (χ1v) is 3.56. The maximum Gasteiger partial charge on any atom is 0.184 e. The number of phenols is 1. The average Bonchev–Trinajstić information content (AvgIpc) is 2.06. The Morgan fingerprint density at radius 2 is 2.36 bits per heavy atom. The molecule has 0 aromatic heterocycles. The minimum Gasteiger partial charge on any atom is -0.504 e. The fraction of sp³-hybridized carbons (Fsp3) is 0.250. The summed E-state index contributed by atoms with van der Waals surface area (Å²) in [7, 11) is 0. The Labute approximate surface area is 64.6 Å². The van der Waals surface area contributed by atoms with Crippen molar-refractivity contribution < 1.29 is 9.84 Å². The molecule has 0 saturated heterocycles. The van der Waals surface area contributed by atoms with Crippen LogP contribution in [0.3, 0.4) is 0 Å². The van der Waals surface area contributed by atoms with Crippen LogP contribution in [-0.4, -0.2) is 18.3 Å². The highest BCUT2D eigenvalue weighted by molar-refractivity contribution is 5.63. The van der Waals surface area contributed by atoms with Crippen LogP contribution in [0, 0.1) is 0 Å². The summed E-state index contributed by atoms with van der Waals surface area (Å²) in [5.74, 6) is 0.772. The van der Waals surface area contributed by atoms with E-state index in [4.69, 9.17) is 4.74 Å². The molecule has 3 heteroatoms. The summed E-state index contributed by atoms with van der Waals surface area (Å²) >= 11 is 0. The van der Waals surface area contributed by atoms with Gasteiger partial charge in [0.2, 0.25) is 0 Å². The van der Waals surface area contributed by atoms with Crippen molar-refractivity contribution in [2.45, 2.75) is 0 Å². The zero-order valence-corrected chi connectivity index (χ0v) is 6.00. The van der Waals surface area contributed by atoms with Crippen molar-refractivity contribution in [2.75, 3.05) is 18.5 Å². The molecule has 3 nitrogen and oxygen atoms in total. The lowest BCUT2D eigenvalue weighted by molar-refractivity contribution is 0.304.